The number of rotatable bonds is 42. The summed E-state index contributed by atoms with van der Waals surface area (Å²) in [6.45, 7) is 4.19. The van der Waals surface area contributed by atoms with E-state index in [1.807, 2.05) is 27.2 Å². The van der Waals surface area contributed by atoms with Crippen molar-refractivity contribution < 1.29 is 42.1 Å². The number of phosphoric ester groups is 1. The molecule has 0 N–H and O–H groups in total. The molecule has 0 aromatic heterocycles. The van der Waals surface area contributed by atoms with Gasteiger partial charge in [0, 0.05) is 12.8 Å². The van der Waals surface area contributed by atoms with Crippen molar-refractivity contribution in [3.05, 3.63) is 24.3 Å². The zero-order valence-corrected chi connectivity index (χ0v) is 38.0. The van der Waals surface area contributed by atoms with Crippen LogP contribution in [0.25, 0.3) is 0 Å². The number of unbranched alkanes of at least 4 members (excludes halogenated alkanes) is 24. The van der Waals surface area contributed by atoms with Crippen molar-refractivity contribution in [1.82, 2.24) is 0 Å². The maximum atomic E-state index is 12.7. The predicted octanol–water partition coefficient (Wildman–Crippen LogP) is 12.5. The van der Waals surface area contributed by atoms with Crippen molar-refractivity contribution in [2.24, 2.45) is 0 Å². The minimum Gasteiger partial charge on any atom is -0.756 e. The number of esters is 2. The van der Waals surface area contributed by atoms with Crippen LogP contribution >= 0.6 is 7.82 Å². The van der Waals surface area contributed by atoms with Gasteiger partial charge in [-0.05, 0) is 51.4 Å². The third kappa shape index (κ3) is 42.1. The van der Waals surface area contributed by atoms with Gasteiger partial charge in [-0.15, -0.1) is 0 Å². The summed E-state index contributed by atoms with van der Waals surface area (Å²) in [5, 5.41) is 0. The predicted molar refractivity (Wildman–Crippen MR) is 231 cm³/mol. The number of phosphoric acid groups is 1. The average molecular weight is 814 g/mol. The zero-order valence-electron chi connectivity index (χ0n) is 37.1. The first-order valence-electron chi connectivity index (χ1n) is 23.0. The number of hydrogen-bond acceptors (Lipinski definition) is 8. The van der Waals surface area contributed by atoms with Crippen LogP contribution in [0.3, 0.4) is 0 Å². The van der Waals surface area contributed by atoms with Gasteiger partial charge in [-0.25, -0.2) is 0 Å². The van der Waals surface area contributed by atoms with E-state index in [1.165, 1.54) is 135 Å². The van der Waals surface area contributed by atoms with Gasteiger partial charge in [0.2, 0.25) is 0 Å². The Balaban J connectivity index is 4.35. The molecule has 9 nitrogen and oxygen atoms in total. The van der Waals surface area contributed by atoms with E-state index in [0.717, 1.165) is 32.1 Å². The normalized spacial score (nSPS) is 13.8. The van der Waals surface area contributed by atoms with Crippen LogP contribution in [0.1, 0.15) is 206 Å². The number of likely N-dealkylation sites (N-methyl/N-ethyl adjacent to an activating group) is 1. The lowest BCUT2D eigenvalue weighted by atomic mass is 10.1. The summed E-state index contributed by atoms with van der Waals surface area (Å²) in [5.74, 6) is -0.887. The molecule has 1 unspecified atom stereocenters. The van der Waals surface area contributed by atoms with Crippen LogP contribution in [-0.4, -0.2) is 70.0 Å². The van der Waals surface area contributed by atoms with E-state index in [1.54, 1.807) is 0 Å². The minimum atomic E-state index is -4.63. The van der Waals surface area contributed by atoms with Crippen molar-refractivity contribution in [2.75, 3.05) is 47.5 Å². The molecule has 0 aliphatic carbocycles. The van der Waals surface area contributed by atoms with Gasteiger partial charge in [0.1, 0.15) is 19.8 Å². The van der Waals surface area contributed by atoms with Crippen LogP contribution < -0.4 is 4.89 Å². The second kappa shape index (κ2) is 39.0. The van der Waals surface area contributed by atoms with Crippen LogP contribution in [-0.2, 0) is 32.7 Å². The summed E-state index contributed by atoms with van der Waals surface area (Å²) >= 11 is 0. The monoisotopic (exact) mass is 814 g/mol. The van der Waals surface area contributed by atoms with Crippen molar-refractivity contribution in [1.29, 1.82) is 0 Å². The second-order valence-corrected chi connectivity index (χ2v) is 18.2. The second-order valence-electron chi connectivity index (χ2n) is 16.8. The number of carbonyl (C=O) groups excluding carboxylic acids is 2. The van der Waals surface area contributed by atoms with E-state index in [9.17, 15) is 19.0 Å². The van der Waals surface area contributed by atoms with E-state index in [2.05, 4.69) is 32.1 Å². The Morgan fingerprint density at radius 2 is 0.946 bits per heavy atom. The molecule has 2 atom stereocenters. The van der Waals surface area contributed by atoms with E-state index in [-0.39, 0.29) is 26.1 Å². The number of carbonyl (C=O) groups is 2. The third-order valence-electron chi connectivity index (χ3n) is 9.96. The van der Waals surface area contributed by atoms with Gasteiger partial charge >= 0.3 is 11.9 Å². The molecule has 0 amide bonds. The Bertz CT molecular complexity index is 1010. The number of hydrogen-bond donors (Lipinski definition) is 0. The van der Waals surface area contributed by atoms with Crippen molar-refractivity contribution in [3.63, 3.8) is 0 Å². The summed E-state index contributed by atoms with van der Waals surface area (Å²) in [5.41, 5.74) is 0. The van der Waals surface area contributed by atoms with Crippen LogP contribution in [0, 0.1) is 0 Å². The first-order chi connectivity index (χ1) is 27.0. The lowest BCUT2D eigenvalue weighted by Crippen LogP contribution is -2.37. The summed E-state index contributed by atoms with van der Waals surface area (Å²) in [6, 6.07) is 0. The Kier molecular flexibility index (Phi) is 37.9. The fourth-order valence-corrected chi connectivity index (χ4v) is 7.04. The maximum Gasteiger partial charge on any atom is 0.306 e. The highest BCUT2D eigenvalue weighted by atomic mass is 31.2. The zero-order chi connectivity index (χ0) is 41.4. The van der Waals surface area contributed by atoms with Crippen LogP contribution in [0.15, 0.2) is 24.3 Å². The summed E-state index contributed by atoms with van der Waals surface area (Å²) in [7, 11) is 1.15. The Morgan fingerprint density at radius 3 is 1.41 bits per heavy atom. The van der Waals surface area contributed by atoms with E-state index in [4.69, 9.17) is 18.5 Å². The molecule has 0 heterocycles. The molecule has 0 saturated heterocycles. The fraction of sp³-hybridized carbons (Fsp3) is 0.870. The van der Waals surface area contributed by atoms with Crippen LogP contribution in [0.5, 0.6) is 0 Å². The molecule has 0 spiro atoms. The van der Waals surface area contributed by atoms with Crippen molar-refractivity contribution >= 4 is 19.8 Å². The number of nitrogens with zero attached hydrogens (tertiary/aromatic N) is 1. The van der Waals surface area contributed by atoms with Gasteiger partial charge in [-0.1, -0.05) is 167 Å². The molecule has 10 heteroatoms. The molecular weight excluding hydrogens is 725 g/mol. The van der Waals surface area contributed by atoms with Gasteiger partial charge in [-0.2, -0.15) is 0 Å². The molecule has 0 bridgehead atoms. The van der Waals surface area contributed by atoms with Gasteiger partial charge in [0.25, 0.3) is 7.82 Å². The van der Waals surface area contributed by atoms with E-state index in [0.29, 0.717) is 23.9 Å². The lowest BCUT2D eigenvalue weighted by molar-refractivity contribution is -0.870. The summed E-state index contributed by atoms with van der Waals surface area (Å²) in [4.78, 5) is 37.5. The molecule has 0 fully saturated rings. The fourth-order valence-electron chi connectivity index (χ4n) is 6.31. The largest absolute Gasteiger partial charge is 0.756 e. The molecule has 0 saturated carbocycles. The van der Waals surface area contributed by atoms with Crippen LogP contribution in [0.2, 0.25) is 0 Å². The molecule has 0 aromatic rings. The first-order valence-corrected chi connectivity index (χ1v) is 24.5. The molecule has 0 aliphatic heterocycles. The highest BCUT2D eigenvalue weighted by Crippen LogP contribution is 2.38. The lowest BCUT2D eigenvalue weighted by Gasteiger charge is -2.28. The molecular formula is C46H88NO8P. The van der Waals surface area contributed by atoms with E-state index >= 15 is 0 Å². The molecule has 0 aromatic carbocycles. The van der Waals surface area contributed by atoms with Crippen molar-refractivity contribution in [3.8, 4) is 0 Å². The SMILES string of the molecule is CCCCCC/C=C/CCCCCCCCCCCC(=O)O[C@H](COC(=O)CC/C=C/CCCCCCCCCCCCC)COP(=O)([O-])OCC[N+](C)(C)C. The van der Waals surface area contributed by atoms with Gasteiger partial charge in [0.05, 0.1) is 27.7 Å². The highest BCUT2D eigenvalue weighted by molar-refractivity contribution is 7.45. The van der Waals surface area contributed by atoms with Gasteiger partial charge in [-0.3, -0.25) is 14.2 Å². The van der Waals surface area contributed by atoms with E-state index < -0.39 is 32.5 Å². The Hall–Kier alpha value is -1.51. The third-order valence-corrected chi connectivity index (χ3v) is 10.9. The molecule has 0 rings (SSSR count). The molecule has 56 heavy (non-hydrogen) atoms. The number of ether oxygens (including phenoxy) is 2. The first kappa shape index (κ1) is 54.5. The summed E-state index contributed by atoms with van der Waals surface area (Å²) in [6.07, 6.45) is 42.1. The standard InChI is InChI=1S/C46H88NO8P/c1-6-8-10-12-14-16-18-20-22-23-25-27-29-31-33-35-37-39-46(49)55-44(43-54-56(50,51)53-41-40-47(3,4)5)42-52-45(48)38-36-34-32-30-28-26-24-21-19-17-15-13-11-9-7-2/h16,18,32,34,44H,6-15,17,19-31,33,35-43H2,1-5H3/b18-16+,34-32+/t44-/m1/s1. The quantitative estimate of drug-likeness (QED) is 0.0197. The Labute approximate surface area is 345 Å². The molecule has 0 radical (unpaired) electrons. The van der Waals surface area contributed by atoms with Crippen molar-refractivity contribution in [2.45, 2.75) is 213 Å². The Morgan fingerprint density at radius 1 is 0.536 bits per heavy atom. The number of quaternary nitrogens is 1. The van der Waals surface area contributed by atoms with Gasteiger partial charge in [0.15, 0.2) is 6.10 Å². The van der Waals surface area contributed by atoms with Crippen LogP contribution in [0.4, 0.5) is 0 Å². The topological polar surface area (TPSA) is 111 Å². The molecule has 0 aliphatic rings. The number of allylic oxidation sites excluding steroid dienone is 4. The summed E-state index contributed by atoms with van der Waals surface area (Å²) < 4.78 is 33.9. The molecule has 330 valence electrons. The van der Waals surface area contributed by atoms with Gasteiger partial charge < -0.3 is 27.9 Å². The smallest absolute Gasteiger partial charge is 0.306 e. The minimum absolute atomic E-state index is 0.0343. The average Bonchev–Trinajstić information content (AvgIpc) is 3.15. The maximum absolute atomic E-state index is 12.7. The highest BCUT2D eigenvalue weighted by Gasteiger charge is 2.21.